The Balaban J connectivity index is 1.56. The van der Waals surface area contributed by atoms with Crippen LogP contribution in [0.2, 0.25) is 0 Å². The number of anilines is 1. The molecule has 0 radical (unpaired) electrons. The van der Waals surface area contributed by atoms with Crippen molar-refractivity contribution < 1.29 is 32.2 Å². The minimum Gasteiger partial charge on any atom is -0.493 e. The van der Waals surface area contributed by atoms with E-state index in [9.17, 15) is 18.0 Å². The molecular weight excluding hydrogens is 485 g/mol. The highest BCUT2D eigenvalue weighted by Gasteiger charge is 2.30. The number of halogens is 3. The Bertz CT molecular complexity index is 1130. The number of alkyl halides is 3. The van der Waals surface area contributed by atoms with Crippen molar-refractivity contribution in [3.63, 3.8) is 0 Å². The van der Waals surface area contributed by atoms with Gasteiger partial charge in [-0.2, -0.15) is 13.2 Å². The lowest BCUT2D eigenvalue weighted by Gasteiger charge is -2.14. The van der Waals surface area contributed by atoms with Gasteiger partial charge in [-0.25, -0.2) is 9.78 Å². The number of rotatable bonds is 9. The van der Waals surface area contributed by atoms with E-state index in [0.717, 1.165) is 17.7 Å². The molecule has 0 fully saturated rings. The topological polar surface area (TPSA) is 108 Å². The predicted molar refractivity (Wildman–Crippen MR) is 126 cm³/mol. The molecule has 2 aromatic carbocycles. The average molecular weight is 511 g/mol. The average Bonchev–Trinajstić information content (AvgIpc) is 3.30. The van der Waals surface area contributed by atoms with Gasteiger partial charge in [0, 0.05) is 11.9 Å². The van der Waals surface area contributed by atoms with Crippen LogP contribution in [0.1, 0.15) is 28.4 Å². The molecule has 3 aromatic rings. The van der Waals surface area contributed by atoms with Crippen LogP contribution in [-0.4, -0.2) is 32.3 Å². The van der Waals surface area contributed by atoms with Crippen LogP contribution in [0.5, 0.6) is 17.2 Å². The van der Waals surface area contributed by atoms with Gasteiger partial charge >= 0.3 is 12.2 Å². The van der Waals surface area contributed by atoms with Crippen LogP contribution < -0.4 is 30.6 Å². The van der Waals surface area contributed by atoms with Gasteiger partial charge in [0.15, 0.2) is 16.6 Å². The first-order valence-corrected chi connectivity index (χ1v) is 11.2. The minimum atomic E-state index is -4.39. The standard InChI is InChI=1S/C23H25F3N4O4S/c1-32-18-9-14(10-19(33-2)20(18)34-3)11-28-21(31)30-22-29-17(12-35-22)16(27)8-13-4-6-15(7-5-13)23(24,25)26/h4-7,9-10,12,16H,8,11,27H2,1-3H3,(H2,28,29,30,31). The maximum absolute atomic E-state index is 12.7. The summed E-state index contributed by atoms with van der Waals surface area (Å²) in [5.74, 6) is 1.39. The monoisotopic (exact) mass is 510 g/mol. The van der Waals surface area contributed by atoms with Gasteiger partial charge < -0.3 is 25.3 Å². The van der Waals surface area contributed by atoms with E-state index in [2.05, 4.69) is 15.6 Å². The lowest BCUT2D eigenvalue weighted by Crippen LogP contribution is -2.28. The molecule has 12 heteroatoms. The van der Waals surface area contributed by atoms with Crippen LogP contribution in [-0.2, 0) is 19.1 Å². The largest absolute Gasteiger partial charge is 0.493 e. The highest BCUT2D eigenvalue weighted by atomic mass is 32.1. The van der Waals surface area contributed by atoms with E-state index < -0.39 is 23.8 Å². The van der Waals surface area contributed by atoms with Crippen LogP contribution in [0.4, 0.5) is 23.1 Å². The summed E-state index contributed by atoms with van der Waals surface area (Å²) >= 11 is 1.19. The zero-order valence-corrected chi connectivity index (χ0v) is 20.0. The summed E-state index contributed by atoms with van der Waals surface area (Å²) in [6.07, 6.45) is -4.09. The van der Waals surface area contributed by atoms with Crippen molar-refractivity contribution in [3.05, 3.63) is 64.2 Å². The second-order valence-corrected chi connectivity index (χ2v) is 8.28. The highest BCUT2D eigenvalue weighted by molar-refractivity contribution is 7.13. The number of benzene rings is 2. The highest BCUT2D eigenvalue weighted by Crippen LogP contribution is 2.38. The number of aromatic nitrogens is 1. The number of amides is 2. The van der Waals surface area contributed by atoms with Gasteiger partial charge in [0.2, 0.25) is 5.75 Å². The maximum Gasteiger partial charge on any atom is 0.416 e. The molecule has 35 heavy (non-hydrogen) atoms. The smallest absolute Gasteiger partial charge is 0.416 e. The fraction of sp³-hybridized carbons (Fsp3) is 0.304. The van der Waals surface area contributed by atoms with Crippen LogP contribution >= 0.6 is 11.3 Å². The van der Waals surface area contributed by atoms with E-state index in [1.807, 2.05) is 0 Å². The molecule has 188 valence electrons. The Hall–Kier alpha value is -3.51. The molecule has 0 aliphatic rings. The number of nitrogens with zero attached hydrogens (tertiary/aromatic N) is 1. The van der Waals surface area contributed by atoms with E-state index in [0.29, 0.717) is 40.1 Å². The SMILES string of the molecule is COc1cc(CNC(=O)Nc2nc(C(N)Cc3ccc(C(F)(F)F)cc3)cs2)cc(OC)c1OC. The zero-order valence-electron chi connectivity index (χ0n) is 19.2. The van der Waals surface area contributed by atoms with Gasteiger partial charge in [-0.3, -0.25) is 5.32 Å². The van der Waals surface area contributed by atoms with Crippen LogP contribution in [0.15, 0.2) is 41.8 Å². The summed E-state index contributed by atoms with van der Waals surface area (Å²) in [5, 5.41) is 7.41. The molecular formula is C23H25F3N4O4S. The lowest BCUT2D eigenvalue weighted by molar-refractivity contribution is -0.137. The zero-order chi connectivity index (χ0) is 25.6. The van der Waals surface area contributed by atoms with Crippen molar-refractivity contribution in [2.24, 2.45) is 5.73 Å². The van der Waals surface area contributed by atoms with Gasteiger partial charge in [-0.15, -0.1) is 11.3 Å². The molecule has 0 bridgehead atoms. The number of methoxy groups -OCH3 is 3. The Morgan fingerprint density at radius 2 is 1.69 bits per heavy atom. The van der Waals surface area contributed by atoms with Gasteiger partial charge in [0.25, 0.3) is 0 Å². The van der Waals surface area contributed by atoms with Crippen molar-refractivity contribution in [2.45, 2.75) is 25.2 Å². The molecule has 1 unspecified atom stereocenters. The molecule has 1 aromatic heterocycles. The first-order valence-electron chi connectivity index (χ1n) is 10.4. The molecule has 0 spiro atoms. The number of nitrogens with two attached hydrogens (primary N) is 1. The van der Waals surface area contributed by atoms with Gasteiger partial charge in [0.1, 0.15) is 0 Å². The van der Waals surface area contributed by atoms with Crippen LogP contribution in [0.25, 0.3) is 0 Å². The molecule has 8 nitrogen and oxygen atoms in total. The Kier molecular flexibility index (Phi) is 8.41. The third-order valence-corrected chi connectivity index (χ3v) is 5.81. The van der Waals surface area contributed by atoms with E-state index in [1.54, 1.807) is 17.5 Å². The summed E-state index contributed by atoms with van der Waals surface area (Å²) < 4.78 is 54.0. The third kappa shape index (κ3) is 6.76. The number of urea groups is 1. The Morgan fingerprint density at radius 3 is 2.23 bits per heavy atom. The van der Waals surface area contributed by atoms with E-state index in [4.69, 9.17) is 19.9 Å². The number of carbonyl (C=O) groups excluding carboxylic acids is 1. The Morgan fingerprint density at radius 1 is 1.06 bits per heavy atom. The summed E-state index contributed by atoms with van der Waals surface area (Å²) in [7, 11) is 4.51. The normalized spacial score (nSPS) is 12.1. The molecule has 2 amide bonds. The number of carbonyl (C=O) groups is 1. The molecule has 1 atom stereocenters. The van der Waals surface area contributed by atoms with Crippen molar-refractivity contribution in [1.82, 2.24) is 10.3 Å². The number of hydrogen-bond donors (Lipinski definition) is 3. The second kappa shape index (κ2) is 11.3. The quantitative estimate of drug-likeness (QED) is 0.383. The van der Waals surface area contributed by atoms with Gasteiger partial charge in [-0.05, 0) is 41.8 Å². The van der Waals surface area contributed by atoms with Crippen molar-refractivity contribution >= 4 is 22.5 Å². The third-order valence-electron chi connectivity index (χ3n) is 5.04. The van der Waals surface area contributed by atoms with Crippen molar-refractivity contribution in [2.75, 3.05) is 26.6 Å². The van der Waals surface area contributed by atoms with E-state index in [-0.39, 0.29) is 6.54 Å². The molecule has 0 saturated carbocycles. The Labute approximate surface area is 204 Å². The van der Waals surface area contributed by atoms with Gasteiger partial charge in [-0.1, -0.05) is 12.1 Å². The number of nitrogens with one attached hydrogen (secondary N) is 2. The summed E-state index contributed by atoms with van der Waals surface area (Å²) in [6, 6.07) is 7.27. The molecule has 0 aliphatic heterocycles. The predicted octanol–water partition coefficient (Wildman–Crippen LogP) is 4.75. The van der Waals surface area contributed by atoms with Crippen molar-refractivity contribution in [1.29, 1.82) is 0 Å². The van der Waals surface area contributed by atoms with Crippen LogP contribution in [0.3, 0.4) is 0 Å². The number of hydrogen-bond acceptors (Lipinski definition) is 7. The number of ether oxygens (including phenoxy) is 3. The molecule has 1 heterocycles. The minimum absolute atomic E-state index is 0.189. The fourth-order valence-electron chi connectivity index (χ4n) is 3.26. The van der Waals surface area contributed by atoms with E-state index in [1.165, 1.54) is 44.8 Å². The summed E-state index contributed by atoms with van der Waals surface area (Å²) in [4.78, 5) is 16.7. The number of thiazole rings is 1. The first-order chi connectivity index (χ1) is 16.6. The van der Waals surface area contributed by atoms with Gasteiger partial charge in [0.05, 0.1) is 38.6 Å². The molecule has 4 N–H and O–H groups in total. The summed E-state index contributed by atoms with van der Waals surface area (Å²) in [5.41, 5.74) is 7.35. The second-order valence-electron chi connectivity index (χ2n) is 7.42. The lowest BCUT2D eigenvalue weighted by atomic mass is 10.0. The summed E-state index contributed by atoms with van der Waals surface area (Å²) in [6.45, 7) is 0.189. The van der Waals surface area contributed by atoms with E-state index >= 15 is 0 Å². The fourth-order valence-corrected chi connectivity index (χ4v) is 4.03. The molecule has 3 rings (SSSR count). The molecule has 0 aliphatic carbocycles. The first kappa shape index (κ1) is 26.1. The maximum atomic E-state index is 12.7. The molecule has 0 saturated heterocycles. The van der Waals surface area contributed by atoms with Crippen LogP contribution in [0, 0.1) is 0 Å². The van der Waals surface area contributed by atoms with Crippen molar-refractivity contribution in [3.8, 4) is 17.2 Å².